The number of aryl methyl sites for hydroxylation is 1. The van der Waals surface area contributed by atoms with Crippen LogP contribution in [0.1, 0.15) is 31.9 Å². The van der Waals surface area contributed by atoms with Crippen molar-refractivity contribution in [1.29, 1.82) is 0 Å². The summed E-state index contributed by atoms with van der Waals surface area (Å²) in [5, 5.41) is 2.76. The number of amides is 2. The van der Waals surface area contributed by atoms with Crippen molar-refractivity contribution < 1.29 is 22.7 Å². The molecule has 0 aliphatic carbocycles. The maximum absolute atomic E-state index is 13.9. The number of para-hydroxylation sites is 2. The first kappa shape index (κ1) is 28.7. The minimum Gasteiger partial charge on any atom is -0.492 e. The molecule has 3 aromatic carbocycles. The van der Waals surface area contributed by atoms with Gasteiger partial charge in [-0.3, -0.25) is 13.9 Å². The van der Waals surface area contributed by atoms with Crippen molar-refractivity contribution in [1.82, 2.24) is 10.2 Å². The molecule has 0 fully saturated rings. The number of nitrogens with one attached hydrogen (secondary N) is 1. The first-order chi connectivity index (χ1) is 18.2. The molecule has 0 spiro atoms. The van der Waals surface area contributed by atoms with Crippen molar-refractivity contribution in [2.45, 2.75) is 45.2 Å². The molecule has 8 nitrogen and oxygen atoms in total. The highest BCUT2D eigenvalue weighted by molar-refractivity contribution is 7.92. The van der Waals surface area contributed by atoms with Gasteiger partial charge in [-0.25, -0.2) is 8.42 Å². The van der Waals surface area contributed by atoms with Gasteiger partial charge >= 0.3 is 0 Å². The lowest BCUT2D eigenvalue weighted by molar-refractivity contribution is -0.139. The van der Waals surface area contributed by atoms with Crippen LogP contribution < -0.4 is 14.4 Å². The van der Waals surface area contributed by atoms with E-state index >= 15 is 0 Å². The van der Waals surface area contributed by atoms with Crippen LogP contribution in [0.4, 0.5) is 5.69 Å². The molecule has 0 aliphatic rings. The fourth-order valence-electron chi connectivity index (χ4n) is 4.05. The van der Waals surface area contributed by atoms with Gasteiger partial charge in [0.1, 0.15) is 18.3 Å². The Morgan fingerprint density at radius 3 is 2.21 bits per heavy atom. The maximum Gasteiger partial charge on any atom is 0.264 e. The lowest BCUT2D eigenvalue weighted by Crippen LogP contribution is -2.51. The van der Waals surface area contributed by atoms with Crippen LogP contribution in [0.5, 0.6) is 5.75 Å². The highest BCUT2D eigenvalue weighted by Crippen LogP contribution is 2.32. The molecule has 1 atom stereocenters. The second kappa shape index (κ2) is 13.1. The maximum atomic E-state index is 13.9. The van der Waals surface area contributed by atoms with Crippen molar-refractivity contribution in [2.75, 3.05) is 24.0 Å². The van der Waals surface area contributed by atoms with Gasteiger partial charge in [-0.1, -0.05) is 54.6 Å². The summed E-state index contributed by atoms with van der Waals surface area (Å²) in [6.45, 7) is 7.54. The molecule has 0 saturated heterocycles. The molecule has 0 aromatic heterocycles. The van der Waals surface area contributed by atoms with Crippen LogP contribution in [0.15, 0.2) is 83.8 Å². The molecule has 3 rings (SSSR count). The number of hydrogen-bond acceptors (Lipinski definition) is 5. The highest BCUT2D eigenvalue weighted by Gasteiger charge is 2.33. The van der Waals surface area contributed by atoms with E-state index in [1.807, 2.05) is 31.2 Å². The molecule has 2 amide bonds. The first-order valence-electron chi connectivity index (χ1n) is 12.6. The topological polar surface area (TPSA) is 96.0 Å². The third kappa shape index (κ3) is 6.72. The molecule has 1 unspecified atom stereocenters. The Balaban J connectivity index is 2.08. The van der Waals surface area contributed by atoms with Crippen LogP contribution in [0.3, 0.4) is 0 Å². The quantitative estimate of drug-likeness (QED) is 0.375. The van der Waals surface area contributed by atoms with Crippen molar-refractivity contribution in [3.63, 3.8) is 0 Å². The molecule has 38 heavy (non-hydrogen) atoms. The fourth-order valence-corrected chi connectivity index (χ4v) is 5.50. The predicted molar refractivity (Wildman–Crippen MR) is 148 cm³/mol. The van der Waals surface area contributed by atoms with Gasteiger partial charge in [-0.15, -0.1) is 0 Å². The number of anilines is 1. The Hall–Kier alpha value is -3.85. The van der Waals surface area contributed by atoms with Crippen molar-refractivity contribution in [2.24, 2.45) is 0 Å². The van der Waals surface area contributed by atoms with Gasteiger partial charge < -0.3 is 15.0 Å². The minimum atomic E-state index is -4.16. The molecular formula is C29H35N3O5S. The zero-order valence-corrected chi connectivity index (χ0v) is 23.1. The second-order valence-electron chi connectivity index (χ2n) is 8.74. The SMILES string of the molecule is CCNC(=O)C(C)N(Cc1ccccc1C)C(=O)CN(c1ccccc1OCC)S(=O)(=O)c1ccccc1. The average Bonchev–Trinajstić information content (AvgIpc) is 2.92. The Bertz CT molecular complexity index is 1350. The standard InChI is InChI=1S/C29H35N3O5S/c1-5-30-29(34)23(4)31(20-24-15-11-10-14-22(24)3)28(33)21-32(26-18-12-13-19-27(26)37-6-2)38(35,36)25-16-8-7-9-17-25/h7-19,23H,5-6,20-21H2,1-4H3,(H,30,34). The number of ether oxygens (including phenoxy) is 1. The van der Waals surface area contributed by atoms with E-state index in [1.165, 1.54) is 17.0 Å². The van der Waals surface area contributed by atoms with Gasteiger partial charge in [0.25, 0.3) is 10.0 Å². The molecule has 0 aliphatic heterocycles. The number of carbonyl (C=O) groups excluding carboxylic acids is 2. The van der Waals surface area contributed by atoms with E-state index in [9.17, 15) is 18.0 Å². The third-order valence-electron chi connectivity index (χ3n) is 6.16. The Morgan fingerprint density at radius 1 is 0.921 bits per heavy atom. The van der Waals surface area contributed by atoms with Gasteiger partial charge in [0, 0.05) is 13.1 Å². The van der Waals surface area contributed by atoms with E-state index in [0.29, 0.717) is 18.9 Å². The largest absolute Gasteiger partial charge is 0.492 e. The van der Waals surface area contributed by atoms with Crippen LogP contribution in [-0.2, 0) is 26.2 Å². The normalized spacial score (nSPS) is 11.9. The molecular weight excluding hydrogens is 502 g/mol. The van der Waals surface area contributed by atoms with Crippen molar-refractivity contribution in [3.8, 4) is 5.75 Å². The molecule has 0 bridgehead atoms. The smallest absolute Gasteiger partial charge is 0.264 e. The van der Waals surface area contributed by atoms with Crippen LogP contribution >= 0.6 is 0 Å². The second-order valence-corrected chi connectivity index (χ2v) is 10.6. The van der Waals surface area contributed by atoms with Crippen LogP contribution in [0.25, 0.3) is 0 Å². The summed E-state index contributed by atoms with van der Waals surface area (Å²) < 4.78 is 34.6. The molecule has 1 N–H and O–H groups in total. The summed E-state index contributed by atoms with van der Waals surface area (Å²) in [6.07, 6.45) is 0. The van der Waals surface area contributed by atoms with E-state index in [0.717, 1.165) is 15.4 Å². The van der Waals surface area contributed by atoms with Gasteiger partial charge in [-0.2, -0.15) is 0 Å². The summed E-state index contributed by atoms with van der Waals surface area (Å²) >= 11 is 0. The zero-order valence-electron chi connectivity index (χ0n) is 22.3. The van der Waals surface area contributed by atoms with Crippen molar-refractivity contribution >= 4 is 27.5 Å². The monoisotopic (exact) mass is 537 g/mol. The molecule has 0 saturated carbocycles. The average molecular weight is 538 g/mol. The Kier molecular flexibility index (Phi) is 9.90. The number of hydrogen-bond donors (Lipinski definition) is 1. The minimum absolute atomic E-state index is 0.0429. The van der Waals surface area contributed by atoms with Gasteiger partial charge in [0.15, 0.2) is 0 Å². The summed E-state index contributed by atoms with van der Waals surface area (Å²) in [5.74, 6) is -0.496. The number of rotatable bonds is 12. The number of benzene rings is 3. The van der Waals surface area contributed by atoms with Gasteiger partial charge in [-0.05, 0) is 63.1 Å². The lowest BCUT2D eigenvalue weighted by Gasteiger charge is -2.32. The number of nitrogens with zero attached hydrogens (tertiary/aromatic N) is 2. The number of likely N-dealkylation sites (N-methyl/N-ethyl adjacent to an activating group) is 1. The molecule has 0 heterocycles. The summed E-state index contributed by atoms with van der Waals surface area (Å²) in [5.41, 5.74) is 2.07. The van der Waals surface area contributed by atoms with Crippen LogP contribution in [0.2, 0.25) is 0 Å². The number of sulfonamides is 1. The summed E-state index contributed by atoms with van der Waals surface area (Å²) in [6, 6.07) is 21.4. The Morgan fingerprint density at radius 2 is 1.55 bits per heavy atom. The molecule has 202 valence electrons. The van der Waals surface area contributed by atoms with Crippen molar-refractivity contribution in [3.05, 3.63) is 90.0 Å². The third-order valence-corrected chi connectivity index (χ3v) is 7.94. The summed E-state index contributed by atoms with van der Waals surface area (Å²) in [4.78, 5) is 28.2. The fraction of sp³-hybridized carbons (Fsp3) is 0.310. The van der Waals surface area contributed by atoms with Gasteiger partial charge in [0.2, 0.25) is 11.8 Å². The van der Waals surface area contributed by atoms with Crippen LogP contribution in [-0.4, -0.2) is 50.9 Å². The predicted octanol–water partition coefficient (Wildman–Crippen LogP) is 4.14. The molecule has 3 aromatic rings. The summed E-state index contributed by atoms with van der Waals surface area (Å²) in [7, 11) is -4.16. The molecule has 9 heteroatoms. The van der Waals surface area contributed by atoms with E-state index in [1.54, 1.807) is 63.2 Å². The highest BCUT2D eigenvalue weighted by atomic mass is 32.2. The van der Waals surface area contributed by atoms with E-state index in [2.05, 4.69) is 5.32 Å². The van der Waals surface area contributed by atoms with Crippen LogP contribution in [0, 0.1) is 6.92 Å². The van der Waals surface area contributed by atoms with E-state index in [4.69, 9.17) is 4.74 Å². The molecule has 0 radical (unpaired) electrons. The van der Waals surface area contributed by atoms with E-state index in [-0.39, 0.29) is 23.0 Å². The Labute approximate surface area is 225 Å². The van der Waals surface area contributed by atoms with E-state index < -0.39 is 28.5 Å². The first-order valence-corrected chi connectivity index (χ1v) is 14.1. The lowest BCUT2D eigenvalue weighted by atomic mass is 10.1. The van der Waals surface area contributed by atoms with Gasteiger partial charge in [0.05, 0.1) is 17.2 Å². The zero-order chi connectivity index (χ0) is 27.7. The number of carbonyl (C=O) groups is 2.